The molecule has 0 aromatic carbocycles. The van der Waals surface area contributed by atoms with E-state index in [9.17, 15) is 0 Å². The van der Waals surface area contributed by atoms with E-state index >= 15 is 0 Å². The van der Waals surface area contributed by atoms with Gasteiger partial charge < -0.3 is 14.4 Å². The van der Waals surface area contributed by atoms with Crippen LogP contribution >= 0.6 is 0 Å². The van der Waals surface area contributed by atoms with Gasteiger partial charge in [0.2, 0.25) is 0 Å². The van der Waals surface area contributed by atoms with E-state index in [0.717, 1.165) is 69.5 Å². The average Bonchev–Trinajstić information content (AvgIpc) is 2.68. The molecule has 0 bridgehead atoms. The van der Waals surface area contributed by atoms with Gasteiger partial charge in [-0.05, 0) is 50.7 Å². The molecule has 3 atom stereocenters. The fourth-order valence-electron chi connectivity index (χ4n) is 5.31. The van der Waals surface area contributed by atoms with Gasteiger partial charge in [-0.1, -0.05) is 0 Å². The normalized spacial score (nSPS) is 33.1. The maximum atomic E-state index is 5.73. The van der Waals surface area contributed by atoms with E-state index < -0.39 is 0 Å². The van der Waals surface area contributed by atoms with Crippen LogP contribution in [0.25, 0.3) is 0 Å². The molecule has 2 saturated heterocycles. The smallest absolute Gasteiger partial charge is 0.151 e. The van der Waals surface area contributed by atoms with Crippen LogP contribution in [0.3, 0.4) is 0 Å². The molecule has 0 radical (unpaired) electrons. The molecule has 3 fully saturated rings. The number of anilines is 1. The molecule has 6 heteroatoms. The second-order valence-corrected chi connectivity index (χ2v) is 8.31. The predicted molar refractivity (Wildman–Crippen MR) is 101 cm³/mol. The summed E-state index contributed by atoms with van der Waals surface area (Å²) in [5.41, 5.74) is 1.23. The Morgan fingerprint density at radius 1 is 1.19 bits per heavy atom. The van der Waals surface area contributed by atoms with Crippen molar-refractivity contribution in [3.8, 4) is 0 Å². The van der Waals surface area contributed by atoms with Crippen molar-refractivity contribution >= 4 is 5.82 Å². The van der Waals surface area contributed by atoms with Gasteiger partial charge in [-0.2, -0.15) is 5.10 Å². The minimum absolute atomic E-state index is 0.252. The first kappa shape index (κ1) is 18.1. The maximum absolute atomic E-state index is 5.73. The van der Waals surface area contributed by atoms with Gasteiger partial charge in [0, 0.05) is 44.7 Å². The lowest BCUT2D eigenvalue weighted by Gasteiger charge is -2.54. The molecule has 1 aromatic rings. The van der Waals surface area contributed by atoms with Crippen molar-refractivity contribution < 1.29 is 9.47 Å². The summed E-state index contributed by atoms with van der Waals surface area (Å²) in [6, 6.07) is 4.90. The molecule has 6 nitrogen and oxygen atoms in total. The van der Waals surface area contributed by atoms with Crippen molar-refractivity contribution in [1.82, 2.24) is 15.1 Å². The lowest BCUT2D eigenvalue weighted by atomic mass is 9.62. The molecular formula is C20H32N4O2. The van der Waals surface area contributed by atoms with Crippen LogP contribution in [-0.2, 0) is 9.47 Å². The fraction of sp³-hybridized carbons (Fsp3) is 0.800. The van der Waals surface area contributed by atoms with Crippen molar-refractivity contribution in [3.63, 3.8) is 0 Å². The summed E-state index contributed by atoms with van der Waals surface area (Å²) >= 11 is 0. The number of fused-ring (bicyclic) bond motifs is 1. The van der Waals surface area contributed by atoms with Crippen molar-refractivity contribution in [1.29, 1.82) is 0 Å². The zero-order valence-electron chi connectivity index (χ0n) is 16.2. The van der Waals surface area contributed by atoms with Crippen molar-refractivity contribution in [2.75, 3.05) is 58.0 Å². The molecule has 144 valence electrons. The number of methoxy groups -OCH3 is 1. The van der Waals surface area contributed by atoms with Gasteiger partial charge in [0.05, 0.1) is 25.5 Å². The number of piperidine rings is 1. The van der Waals surface area contributed by atoms with E-state index in [1.807, 2.05) is 14.0 Å². The van der Waals surface area contributed by atoms with Crippen molar-refractivity contribution in [2.24, 2.45) is 11.3 Å². The molecule has 0 N–H and O–H groups in total. The topological polar surface area (TPSA) is 50.7 Å². The molecule has 0 amide bonds. The number of hydrogen-bond acceptors (Lipinski definition) is 6. The molecule has 3 heterocycles. The fourth-order valence-corrected chi connectivity index (χ4v) is 5.31. The molecule has 0 spiro atoms. The number of nitrogens with zero attached hydrogens (tertiary/aromatic N) is 4. The SMILES string of the molecule is COC[C@@]12CC[C@@H](N3CCOCC3)C[C@H]1CCN(c1ccc(C)nn1)C2. The third-order valence-corrected chi connectivity index (χ3v) is 6.75. The van der Waals surface area contributed by atoms with Crippen LogP contribution in [-0.4, -0.2) is 74.2 Å². The highest BCUT2D eigenvalue weighted by atomic mass is 16.5. The van der Waals surface area contributed by atoms with Crippen molar-refractivity contribution in [3.05, 3.63) is 17.8 Å². The monoisotopic (exact) mass is 360 g/mol. The Hall–Kier alpha value is -1.24. The molecule has 1 aromatic heterocycles. The van der Waals surface area contributed by atoms with Crippen LogP contribution in [0.1, 0.15) is 31.4 Å². The predicted octanol–water partition coefficient (Wildman–Crippen LogP) is 2.13. The first-order chi connectivity index (χ1) is 12.7. The van der Waals surface area contributed by atoms with E-state index in [4.69, 9.17) is 9.47 Å². The maximum Gasteiger partial charge on any atom is 0.151 e. The first-order valence-electron chi connectivity index (χ1n) is 10.1. The second kappa shape index (κ2) is 7.79. The summed E-state index contributed by atoms with van der Waals surface area (Å²) in [7, 11) is 1.85. The van der Waals surface area contributed by atoms with E-state index in [2.05, 4.69) is 32.1 Å². The number of morpholine rings is 1. The minimum Gasteiger partial charge on any atom is -0.384 e. The molecule has 1 saturated carbocycles. The summed E-state index contributed by atoms with van der Waals surface area (Å²) in [6.45, 7) is 8.93. The Morgan fingerprint density at radius 2 is 2.04 bits per heavy atom. The molecule has 4 rings (SSSR count). The highest BCUT2D eigenvalue weighted by Crippen LogP contribution is 2.48. The van der Waals surface area contributed by atoms with E-state index in [0.29, 0.717) is 0 Å². The largest absolute Gasteiger partial charge is 0.384 e. The third-order valence-electron chi connectivity index (χ3n) is 6.75. The Balaban J connectivity index is 1.47. The number of aromatic nitrogens is 2. The molecule has 0 unspecified atom stereocenters. The van der Waals surface area contributed by atoms with Gasteiger partial charge >= 0.3 is 0 Å². The first-order valence-corrected chi connectivity index (χ1v) is 10.1. The third kappa shape index (κ3) is 3.59. The Bertz CT molecular complexity index is 590. The van der Waals surface area contributed by atoms with Gasteiger partial charge in [-0.15, -0.1) is 5.10 Å². The second-order valence-electron chi connectivity index (χ2n) is 8.31. The molecule has 1 aliphatic carbocycles. The quantitative estimate of drug-likeness (QED) is 0.820. The zero-order chi connectivity index (χ0) is 18.0. The number of hydrogen-bond donors (Lipinski definition) is 0. The van der Waals surface area contributed by atoms with E-state index in [1.54, 1.807) is 0 Å². The van der Waals surface area contributed by atoms with E-state index in [1.165, 1.54) is 25.7 Å². The van der Waals surface area contributed by atoms with Gasteiger partial charge in [0.1, 0.15) is 0 Å². The molecular weight excluding hydrogens is 328 g/mol. The number of ether oxygens (including phenoxy) is 2. The Kier molecular flexibility index (Phi) is 5.43. The standard InChI is InChI=1S/C20H32N4O2/c1-16-3-4-19(22-21-16)24-8-6-17-13-18(23-9-11-26-12-10-23)5-7-20(17,14-24)15-25-2/h3-4,17-18H,5-15H2,1-2H3/t17-,18-,20+/m1/s1. The zero-order valence-corrected chi connectivity index (χ0v) is 16.2. The van der Waals surface area contributed by atoms with Crippen LogP contribution in [0.5, 0.6) is 0 Å². The lowest BCUT2D eigenvalue weighted by molar-refractivity contribution is -0.0540. The van der Waals surface area contributed by atoms with E-state index in [-0.39, 0.29) is 5.41 Å². The van der Waals surface area contributed by atoms with Crippen LogP contribution in [0.2, 0.25) is 0 Å². The highest BCUT2D eigenvalue weighted by Gasteiger charge is 2.48. The Morgan fingerprint density at radius 3 is 2.77 bits per heavy atom. The van der Waals surface area contributed by atoms with Gasteiger partial charge in [-0.25, -0.2) is 0 Å². The highest BCUT2D eigenvalue weighted by molar-refractivity contribution is 5.38. The van der Waals surface area contributed by atoms with Gasteiger partial charge in [0.15, 0.2) is 5.82 Å². The molecule has 3 aliphatic rings. The summed E-state index contributed by atoms with van der Waals surface area (Å²) in [6.07, 6.45) is 5.03. The molecule has 26 heavy (non-hydrogen) atoms. The van der Waals surface area contributed by atoms with Crippen LogP contribution < -0.4 is 4.90 Å². The summed E-state index contributed by atoms with van der Waals surface area (Å²) < 4.78 is 11.3. The Labute approximate surface area is 156 Å². The van der Waals surface area contributed by atoms with Crippen LogP contribution in [0, 0.1) is 18.3 Å². The van der Waals surface area contributed by atoms with Gasteiger partial charge in [0.25, 0.3) is 0 Å². The summed E-state index contributed by atoms with van der Waals surface area (Å²) in [4.78, 5) is 5.09. The number of aryl methyl sites for hydroxylation is 1. The minimum atomic E-state index is 0.252. The lowest BCUT2D eigenvalue weighted by Crippen LogP contribution is -2.57. The molecule has 2 aliphatic heterocycles. The van der Waals surface area contributed by atoms with Gasteiger partial charge in [-0.3, -0.25) is 4.90 Å². The average molecular weight is 361 g/mol. The summed E-state index contributed by atoms with van der Waals surface area (Å²) in [5, 5.41) is 8.69. The van der Waals surface area contributed by atoms with Crippen LogP contribution in [0.15, 0.2) is 12.1 Å². The van der Waals surface area contributed by atoms with Crippen LogP contribution in [0.4, 0.5) is 5.82 Å². The number of rotatable bonds is 4. The van der Waals surface area contributed by atoms with Crippen molar-refractivity contribution in [2.45, 2.75) is 38.6 Å². The summed E-state index contributed by atoms with van der Waals surface area (Å²) in [5.74, 6) is 1.75.